The van der Waals surface area contributed by atoms with Gasteiger partial charge in [-0.15, -0.1) is 0 Å². The number of hydrogen-bond acceptors (Lipinski definition) is 6. The van der Waals surface area contributed by atoms with Gasteiger partial charge in [0.05, 0.1) is 18.1 Å². The maximum atomic E-state index is 13.1. The maximum absolute atomic E-state index is 13.1. The normalized spacial score (nSPS) is 11.8. The first-order valence-electron chi connectivity index (χ1n) is 10.6. The molecule has 168 valence electrons. The summed E-state index contributed by atoms with van der Waals surface area (Å²) in [6, 6.07) is 20.0. The smallest absolute Gasteiger partial charge is 0.339 e. The molecule has 34 heavy (non-hydrogen) atoms. The molecular weight excluding hydrogens is 432 g/mol. The number of esters is 1. The topological polar surface area (TPSA) is 105 Å². The van der Waals surface area contributed by atoms with Crippen molar-refractivity contribution in [3.63, 3.8) is 0 Å². The molecule has 0 aromatic heterocycles. The van der Waals surface area contributed by atoms with Gasteiger partial charge in [-0.05, 0) is 25.1 Å². The quantitative estimate of drug-likeness (QED) is 0.411. The molecule has 0 aliphatic heterocycles. The van der Waals surface area contributed by atoms with E-state index in [1.165, 1.54) is 23.1 Å². The van der Waals surface area contributed by atoms with Crippen LogP contribution in [0.15, 0.2) is 66.7 Å². The average molecular weight is 452 g/mol. The third-order valence-electron chi connectivity index (χ3n) is 5.59. The molecule has 1 aliphatic carbocycles. The van der Waals surface area contributed by atoms with Gasteiger partial charge in [0.1, 0.15) is 0 Å². The minimum Gasteiger partial charge on any atom is -0.452 e. The number of hydrogen-bond donors (Lipinski definition) is 0. The van der Waals surface area contributed by atoms with Crippen molar-refractivity contribution < 1.29 is 23.9 Å². The van der Waals surface area contributed by atoms with E-state index in [-0.39, 0.29) is 46.6 Å². The van der Waals surface area contributed by atoms with E-state index < -0.39 is 24.3 Å². The predicted molar refractivity (Wildman–Crippen MR) is 124 cm³/mol. The van der Waals surface area contributed by atoms with Crippen molar-refractivity contribution in [3.8, 4) is 6.07 Å². The molecule has 0 fully saturated rings. The fraction of sp³-hybridized carbons (Fsp3) is 0.148. The van der Waals surface area contributed by atoms with Crippen LogP contribution in [0.5, 0.6) is 0 Å². The second kappa shape index (κ2) is 9.51. The van der Waals surface area contributed by atoms with E-state index in [1.54, 1.807) is 36.4 Å². The number of aryl methyl sites for hydroxylation is 1. The van der Waals surface area contributed by atoms with E-state index in [0.717, 1.165) is 5.56 Å². The Balaban J connectivity index is 1.56. The van der Waals surface area contributed by atoms with Gasteiger partial charge in [0.2, 0.25) is 0 Å². The van der Waals surface area contributed by atoms with Crippen molar-refractivity contribution in [1.82, 2.24) is 0 Å². The van der Waals surface area contributed by atoms with Crippen LogP contribution < -0.4 is 4.90 Å². The lowest BCUT2D eigenvalue weighted by molar-refractivity contribution is -0.121. The summed E-state index contributed by atoms with van der Waals surface area (Å²) in [7, 11) is 0. The Morgan fingerprint density at radius 2 is 1.53 bits per heavy atom. The van der Waals surface area contributed by atoms with Gasteiger partial charge in [-0.3, -0.25) is 14.4 Å². The third kappa shape index (κ3) is 4.21. The second-order valence-corrected chi connectivity index (χ2v) is 7.80. The zero-order valence-electron chi connectivity index (χ0n) is 18.4. The summed E-state index contributed by atoms with van der Waals surface area (Å²) < 4.78 is 5.26. The number of nitriles is 1. The summed E-state index contributed by atoms with van der Waals surface area (Å²) in [6.45, 7) is 1.47. The van der Waals surface area contributed by atoms with Crippen LogP contribution in [0.3, 0.4) is 0 Å². The maximum Gasteiger partial charge on any atom is 0.339 e. The molecule has 7 heteroatoms. The van der Waals surface area contributed by atoms with Crippen LogP contribution in [0.2, 0.25) is 0 Å². The van der Waals surface area contributed by atoms with Crippen LogP contribution in [0.4, 0.5) is 5.69 Å². The van der Waals surface area contributed by atoms with Gasteiger partial charge in [0.15, 0.2) is 18.2 Å². The highest BCUT2D eigenvalue weighted by molar-refractivity contribution is 6.30. The summed E-state index contributed by atoms with van der Waals surface area (Å²) in [5.74, 6) is -2.18. The Labute approximate surface area is 196 Å². The molecule has 1 amide bonds. The number of ether oxygens (including phenoxy) is 1. The SMILES string of the molecule is Cc1ccc(N(CCC#N)C(=O)COC(=O)c2cccc3c2C(=O)c2ccccc2C3=O)cc1. The van der Waals surface area contributed by atoms with Crippen molar-refractivity contribution in [1.29, 1.82) is 5.26 Å². The van der Waals surface area contributed by atoms with Gasteiger partial charge in [-0.25, -0.2) is 4.79 Å². The fourth-order valence-electron chi connectivity index (χ4n) is 3.88. The summed E-state index contributed by atoms with van der Waals surface area (Å²) in [4.78, 5) is 53.1. The van der Waals surface area contributed by atoms with Gasteiger partial charge in [0, 0.05) is 34.5 Å². The minimum atomic E-state index is -0.880. The molecule has 0 heterocycles. The number of fused-ring (bicyclic) bond motifs is 2. The highest BCUT2D eigenvalue weighted by Gasteiger charge is 2.33. The number of carbonyl (C=O) groups excluding carboxylic acids is 4. The molecule has 0 saturated heterocycles. The lowest BCUT2D eigenvalue weighted by Gasteiger charge is -2.22. The highest BCUT2D eigenvalue weighted by atomic mass is 16.5. The first-order chi connectivity index (χ1) is 16.4. The lowest BCUT2D eigenvalue weighted by atomic mass is 9.82. The largest absolute Gasteiger partial charge is 0.452 e. The second-order valence-electron chi connectivity index (χ2n) is 7.80. The van der Waals surface area contributed by atoms with Crippen LogP contribution >= 0.6 is 0 Å². The Morgan fingerprint density at radius 3 is 2.21 bits per heavy atom. The Morgan fingerprint density at radius 1 is 0.882 bits per heavy atom. The highest BCUT2D eigenvalue weighted by Crippen LogP contribution is 2.30. The van der Waals surface area contributed by atoms with Crippen molar-refractivity contribution in [2.75, 3.05) is 18.1 Å². The fourth-order valence-corrected chi connectivity index (χ4v) is 3.88. The molecule has 0 bridgehead atoms. The number of carbonyl (C=O) groups is 4. The zero-order chi connectivity index (χ0) is 24.2. The average Bonchev–Trinajstić information content (AvgIpc) is 2.86. The predicted octanol–water partition coefficient (Wildman–Crippen LogP) is 3.87. The summed E-state index contributed by atoms with van der Waals surface area (Å²) in [5.41, 5.74) is 2.12. The number of anilines is 1. The molecule has 0 saturated carbocycles. The summed E-state index contributed by atoms with van der Waals surface area (Å²) in [5, 5.41) is 8.95. The third-order valence-corrected chi connectivity index (χ3v) is 5.59. The van der Waals surface area contributed by atoms with Crippen LogP contribution in [0.1, 0.15) is 54.2 Å². The molecule has 0 spiro atoms. The van der Waals surface area contributed by atoms with E-state index in [1.807, 2.05) is 25.1 Å². The molecule has 7 nitrogen and oxygen atoms in total. The lowest BCUT2D eigenvalue weighted by Crippen LogP contribution is -2.35. The van der Waals surface area contributed by atoms with Gasteiger partial charge in [-0.1, -0.05) is 54.1 Å². The first kappa shape index (κ1) is 22.6. The van der Waals surface area contributed by atoms with Crippen molar-refractivity contribution in [2.24, 2.45) is 0 Å². The zero-order valence-corrected chi connectivity index (χ0v) is 18.4. The molecule has 0 unspecified atom stereocenters. The number of amides is 1. The van der Waals surface area contributed by atoms with Crippen molar-refractivity contribution in [3.05, 3.63) is 100 Å². The molecular formula is C27H20N2O5. The van der Waals surface area contributed by atoms with E-state index >= 15 is 0 Å². The van der Waals surface area contributed by atoms with Crippen LogP contribution in [0.25, 0.3) is 0 Å². The van der Waals surface area contributed by atoms with Gasteiger partial charge in [-0.2, -0.15) is 5.26 Å². The number of nitrogens with zero attached hydrogens (tertiary/aromatic N) is 2. The Bertz CT molecular complexity index is 1350. The van der Waals surface area contributed by atoms with Gasteiger partial charge < -0.3 is 9.64 Å². The van der Waals surface area contributed by atoms with Crippen molar-refractivity contribution >= 4 is 29.1 Å². The minimum absolute atomic E-state index is 0.0245. The van der Waals surface area contributed by atoms with Crippen molar-refractivity contribution in [2.45, 2.75) is 13.3 Å². The number of ketones is 2. The molecule has 0 N–H and O–H groups in total. The first-order valence-corrected chi connectivity index (χ1v) is 10.6. The van der Waals surface area contributed by atoms with Gasteiger partial charge >= 0.3 is 5.97 Å². The molecule has 3 aromatic carbocycles. The molecule has 1 aliphatic rings. The summed E-state index contributed by atoms with van der Waals surface area (Å²) >= 11 is 0. The standard InChI is InChI=1S/C27H20N2O5/c1-17-10-12-18(13-11-17)29(15-5-14-28)23(30)16-34-27(33)22-9-4-8-21-24(22)26(32)20-7-3-2-6-19(20)25(21)31/h2-4,6-13H,5,15-16H2,1H3. The molecule has 3 aromatic rings. The Hall–Kier alpha value is -4.57. The monoisotopic (exact) mass is 452 g/mol. The molecule has 0 atom stereocenters. The van der Waals surface area contributed by atoms with Crippen LogP contribution in [-0.2, 0) is 9.53 Å². The van der Waals surface area contributed by atoms with E-state index in [2.05, 4.69) is 0 Å². The Kier molecular flexibility index (Phi) is 6.33. The number of rotatable bonds is 6. The van der Waals surface area contributed by atoms with E-state index in [0.29, 0.717) is 5.69 Å². The van der Waals surface area contributed by atoms with E-state index in [9.17, 15) is 19.2 Å². The molecule has 0 radical (unpaired) electrons. The number of benzene rings is 3. The van der Waals surface area contributed by atoms with Crippen LogP contribution in [-0.4, -0.2) is 36.6 Å². The van der Waals surface area contributed by atoms with E-state index in [4.69, 9.17) is 10.00 Å². The van der Waals surface area contributed by atoms with Gasteiger partial charge in [0.25, 0.3) is 5.91 Å². The van der Waals surface area contributed by atoms with Crippen LogP contribution in [0, 0.1) is 18.3 Å². The summed E-state index contributed by atoms with van der Waals surface area (Å²) in [6.07, 6.45) is 0.107. The molecule has 4 rings (SSSR count).